The smallest absolute Gasteiger partial charge is 0.253 e. The monoisotopic (exact) mass is 306 g/mol. The molecule has 2 heterocycles. The molecule has 1 amide bonds. The number of phenolic OH excluding ortho intramolecular Hbond substituents is 1. The molecule has 1 aromatic heterocycles. The molecule has 110 valence electrons. The van der Waals surface area contributed by atoms with Gasteiger partial charge in [-0.1, -0.05) is 6.07 Å². The lowest BCUT2D eigenvalue weighted by atomic mass is 10.1. The van der Waals surface area contributed by atoms with E-state index in [0.29, 0.717) is 5.69 Å². The van der Waals surface area contributed by atoms with E-state index in [0.717, 1.165) is 24.0 Å². The molecule has 1 saturated heterocycles. The van der Waals surface area contributed by atoms with Gasteiger partial charge < -0.3 is 5.11 Å². The van der Waals surface area contributed by atoms with Gasteiger partial charge in [0.1, 0.15) is 12.3 Å². The Kier molecular flexibility index (Phi) is 3.61. The average Bonchev–Trinajstić information content (AvgIpc) is 3.06. The van der Waals surface area contributed by atoms with E-state index in [2.05, 4.69) is 14.9 Å². The fraction of sp³-hybridized carbons (Fsp3) is 0.231. The van der Waals surface area contributed by atoms with Gasteiger partial charge in [0.25, 0.3) is 5.91 Å². The van der Waals surface area contributed by atoms with Gasteiger partial charge in [-0.05, 0) is 36.1 Å². The Morgan fingerprint density at radius 3 is 2.76 bits per heavy atom. The predicted octanol–water partition coefficient (Wildman–Crippen LogP) is 0.415. The average molecular weight is 306 g/mol. The number of aryl methyl sites for hydroxylation is 2. The van der Waals surface area contributed by atoms with Crippen LogP contribution in [0.2, 0.25) is 0 Å². The molecule has 8 heteroatoms. The number of H-pyrrole nitrogens is 1. The number of amides is 1. The van der Waals surface area contributed by atoms with Crippen LogP contribution in [0.25, 0.3) is 0 Å². The Morgan fingerprint density at radius 1 is 1.33 bits per heavy atom. The summed E-state index contributed by atoms with van der Waals surface area (Å²) in [5, 5.41) is 16.7. The third-order valence-electron chi connectivity index (χ3n) is 3.25. The molecule has 1 fully saturated rings. The van der Waals surface area contributed by atoms with E-state index >= 15 is 0 Å². The fourth-order valence-corrected chi connectivity index (χ4v) is 3.12. The third kappa shape index (κ3) is 2.89. The van der Waals surface area contributed by atoms with Crippen LogP contribution in [0.3, 0.4) is 0 Å². The second-order valence-corrected chi connectivity index (χ2v) is 5.88. The van der Waals surface area contributed by atoms with Gasteiger partial charge in [-0.25, -0.2) is 4.21 Å². The molecule has 0 saturated carbocycles. The van der Waals surface area contributed by atoms with Crippen LogP contribution in [-0.4, -0.2) is 32.0 Å². The Morgan fingerprint density at radius 2 is 2.14 bits per heavy atom. The third-order valence-corrected chi connectivity index (χ3v) is 4.38. The molecular formula is C13H14N4O3S. The summed E-state index contributed by atoms with van der Waals surface area (Å²) < 4.78 is 15.3. The second-order valence-electron chi connectivity index (χ2n) is 4.74. The molecule has 21 heavy (non-hydrogen) atoms. The fourth-order valence-electron chi connectivity index (χ4n) is 2.19. The molecule has 2 aromatic rings. The minimum atomic E-state index is -1.63. The summed E-state index contributed by atoms with van der Waals surface area (Å²) in [5.41, 5.74) is 2.44. The van der Waals surface area contributed by atoms with Crippen molar-refractivity contribution < 1.29 is 14.1 Å². The largest absolute Gasteiger partial charge is 0.506 e. The van der Waals surface area contributed by atoms with E-state index in [1.807, 2.05) is 12.3 Å². The maximum absolute atomic E-state index is 11.7. The van der Waals surface area contributed by atoms with Crippen LogP contribution in [0, 0.1) is 0 Å². The van der Waals surface area contributed by atoms with Gasteiger partial charge >= 0.3 is 0 Å². The number of hydrogen-bond donors (Lipinski definition) is 3. The molecule has 3 N–H and O–H groups in total. The molecule has 0 aliphatic carbocycles. The van der Waals surface area contributed by atoms with Crippen molar-refractivity contribution in [1.82, 2.24) is 14.9 Å². The van der Waals surface area contributed by atoms with Crippen LogP contribution in [0.15, 0.2) is 30.6 Å². The van der Waals surface area contributed by atoms with Crippen LogP contribution < -0.4 is 9.03 Å². The predicted molar refractivity (Wildman–Crippen MR) is 77.7 cm³/mol. The normalized spacial score (nSPS) is 18.0. The maximum Gasteiger partial charge on any atom is 0.253 e. The standard InChI is InChI=1S/C13H14N4O3S/c18-12-5-9(1-2-10-6-14-15-7-10)3-4-11(12)17-8-13(19)16-21(17)20/h3-7,18H,1-2,8H2,(H,14,15)(H,16,19). The van der Waals surface area contributed by atoms with Gasteiger partial charge in [0.05, 0.1) is 11.9 Å². The zero-order valence-electron chi connectivity index (χ0n) is 11.1. The van der Waals surface area contributed by atoms with E-state index in [-0.39, 0.29) is 18.2 Å². The van der Waals surface area contributed by atoms with Crippen molar-refractivity contribution in [3.05, 3.63) is 41.7 Å². The maximum atomic E-state index is 11.7. The summed E-state index contributed by atoms with van der Waals surface area (Å²) in [6.07, 6.45) is 5.16. The van der Waals surface area contributed by atoms with Crippen molar-refractivity contribution in [1.29, 1.82) is 0 Å². The lowest BCUT2D eigenvalue weighted by Crippen LogP contribution is -2.22. The first-order chi connectivity index (χ1) is 10.1. The van der Waals surface area contributed by atoms with E-state index in [4.69, 9.17) is 0 Å². The molecule has 1 aromatic carbocycles. The Bertz CT molecular complexity index is 687. The highest BCUT2D eigenvalue weighted by atomic mass is 32.2. The van der Waals surface area contributed by atoms with Crippen molar-refractivity contribution in [3.63, 3.8) is 0 Å². The number of aromatic amines is 1. The number of carbonyl (C=O) groups is 1. The number of nitrogens with zero attached hydrogens (tertiary/aromatic N) is 2. The Labute approximate surface area is 123 Å². The lowest BCUT2D eigenvalue weighted by Gasteiger charge is -2.15. The number of hydrogen-bond acceptors (Lipinski definition) is 4. The molecular weight excluding hydrogens is 292 g/mol. The number of benzene rings is 1. The van der Waals surface area contributed by atoms with E-state index < -0.39 is 11.2 Å². The number of rotatable bonds is 4. The van der Waals surface area contributed by atoms with E-state index in [9.17, 15) is 14.1 Å². The highest BCUT2D eigenvalue weighted by Gasteiger charge is 2.28. The highest BCUT2D eigenvalue weighted by Crippen LogP contribution is 2.30. The van der Waals surface area contributed by atoms with Crippen molar-refractivity contribution >= 4 is 22.8 Å². The molecule has 0 radical (unpaired) electrons. The molecule has 1 atom stereocenters. The highest BCUT2D eigenvalue weighted by molar-refractivity contribution is 7.85. The van der Waals surface area contributed by atoms with Crippen LogP contribution in [-0.2, 0) is 28.8 Å². The quantitative estimate of drug-likeness (QED) is 0.762. The van der Waals surface area contributed by atoms with Crippen LogP contribution in [0.4, 0.5) is 5.69 Å². The summed E-state index contributed by atoms with van der Waals surface area (Å²) >= 11 is -1.63. The molecule has 1 aliphatic rings. The summed E-state index contributed by atoms with van der Waals surface area (Å²) in [6, 6.07) is 5.17. The number of anilines is 1. The minimum Gasteiger partial charge on any atom is -0.506 e. The molecule has 3 rings (SSSR count). The van der Waals surface area contributed by atoms with Crippen LogP contribution in [0.5, 0.6) is 5.75 Å². The van der Waals surface area contributed by atoms with Crippen LogP contribution >= 0.6 is 0 Å². The first-order valence-corrected chi connectivity index (χ1v) is 7.52. The van der Waals surface area contributed by atoms with Crippen molar-refractivity contribution in [2.75, 3.05) is 10.8 Å². The number of aromatic hydroxyl groups is 1. The number of nitrogens with one attached hydrogen (secondary N) is 2. The van der Waals surface area contributed by atoms with E-state index in [1.165, 1.54) is 4.31 Å². The first-order valence-electron chi connectivity index (χ1n) is 6.42. The summed E-state index contributed by atoms with van der Waals surface area (Å²) in [6.45, 7) is -0.0193. The van der Waals surface area contributed by atoms with Gasteiger partial charge in [-0.15, -0.1) is 0 Å². The zero-order chi connectivity index (χ0) is 14.8. The SMILES string of the molecule is O=C1CN(c2ccc(CCc3cn[nH]c3)cc2O)S(=O)N1. The van der Waals surface area contributed by atoms with Gasteiger partial charge in [0, 0.05) is 6.20 Å². The summed E-state index contributed by atoms with van der Waals surface area (Å²) in [7, 11) is 0. The lowest BCUT2D eigenvalue weighted by molar-refractivity contribution is -0.117. The van der Waals surface area contributed by atoms with Gasteiger partial charge in [0.15, 0.2) is 0 Å². The van der Waals surface area contributed by atoms with Crippen molar-refractivity contribution in [3.8, 4) is 5.75 Å². The number of carbonyl (C=O) groups excluding carboxylic acids is 1. The van der Waals surface area contributed by atoms with Gasteiger partial charge in [-0.3, -0.25) is 18.9 Å². The van der Waals surface area contributed by atoms with Crippen LogP contribution in [0.1, 0.15) is 11.1 Å². The Balaban J connectivity index is 1.73. The topological polar surface area (TPSA) is 98.3 Å². The minimum absolute atomic E-state index is 0.0181. The number of aromatic nitrogens is 2. The molecule has 1 unspecified atom stereocenters. The van der Waals surface area contributed by atoms with Gasteiger partial charge in [-0.2, -0.15) is 5.10 Å². The molecule has 0 spiro atoms. The van der Waals surface area contributed by atoms with Gasteiger partial charge in [0.2, 0.25) is 11.2 Å². The second kappa shape index (κ2) is 5.57. The molecule has 0 bridgehead atoms. The summed E-state index contributed by atoms with van der Waals surface area (Å²) in [5.74, 6) is -0.304. The Hall–Kier alpha value is -2.35. The molecule has 7 nitrogen and oxygen atoms in total. The van der Waals surface area contributed by atoms with Crippen molar-refractivity contribution in [2.45, 2.75) is 12.8 Å². The zero-order valence-corrected chi connectivity index (χ0v) is 11.9. The first kappa shape index (κ1) is 13.6. The van der Waals surface area contributed by atoms with Crippen molar-refractivity contribution in [2.24, 2.45) is 0 Å². The number of phenols is 1. The molecule has 1 aliphatic heterocycles. The van der Waals surface area contributed by atoms with E-state index in [1.54, 1.807) is 18.3 Å². The summed E-state index contributed by atoms with van der Waals surface area (Å²) in [4.78, 5) is 11.2.